The number of anilines is 1. The van der Waals surface area contributed by atoms with Crippen molar-refractivity contribution in [2.24, 2.45) is 5.73 Å². The molecule has 27 heavy (non-hydrogen) atoms. The standard InChI is InChI=1S/C19H23N5O2.ClH/c1-12-4-3-5-14(8-12)19(26)24-10-15-7-6-13(18(20)21)9-16(15)23-11-17(25)22-2;/h3-9,23H,10-11H2,1-2H3,(H3,20,21)(H,22,25)(H,24,26);1H. The van der Waals surface area contributed by atoms with Crippen LogP contribution in [0, 0.1) is 12.3 Å². The maximum Gasteiger partial charge on any atom is 0.251 e. The Morgan fingerprint density at radius 3 is 2.48 bits per heavy atom. The molecule has 144 valence electrons. The molecule has 0 aliphatic heterocycles. The summed E-state index contributed by atoms with van der Waals surface area (Å²) in [6, 6.07) is 12.5. The van der Waals surface area contributed by atoms with Crippen LogP contribution >= 0.6 is 12.4 Å². The van der Waals surface area contributed by atoms with Crippen molar-refractivity contribution >= 4 is 35.7 Å². The highest BCUT2D eigenvalue weighted by Crippen LogP contribution is 2.18. The van der Waals surface area contributed by atoms with Gasteiger partial charge in [0.2, 0.25) is 5.91 Å². The third-order valence-electron chi connectivity index (χ3n) is 3.86. The lowest BCUT2D eigenvalue weighted by atomic mass is 10.1. The van der Waals surface area contributed by atoms with Crippen molar-refractivity contribution in [3.8, 4) is 0 Å². The van der Waals surface area contributed by atoms with Gasteiger partial charge in [0.25, 0.3) is 5.91 Å². The Balaban J connectivity index is 0.00000364. The maximum atomic E-state index is 12.3. The minimum Gasteiger partial charge on any atom is -0.384 e. The number of nitrogens with one attached hydrogen (secondary N) is 4. The fraction of sp³-hybridized carbons (Fsp3) is 0.211. The number of amides is 2. The minimum absolute atomic E-state index is 0. The molecule has 2 amide bonds. The number of likely N-dealkylation sites (N-methyl/N-ethyl adjacent to an activating group) is 1. The molecular formula is C19H24ClN5O2. The highest BCUT2D eigenvalue weighted by Gasteiger charge is 2.10. The first-order chi connectivity index (χ1) is 12.4. The fourth-order valence-electron chi connectivity index (χ4n) is 2.39. The monoisotopic (exact) mass is 389 g/mol. The van der Waals surface area contributed by atoms with Gasteiger partial charge in [-0.2, -0.15) is 0 Å². The molecule has 0 atom stereocenters. The molecule has 0 heterocycles. The molecule has 0 aliphatic rings. The molecule has 8 heteroatoms. The molecule has 2 rings (SSSR count). The van der Waals surface area contributed by atoms with E-state index in [2.05, 4.69) is 16.0 Å². The number of carbonyl (C=O) groups is 2. The SMILES string of the molecule is CNC(=O)CNc1cc(C(=N)N)ccc1CNC(=O)c1cccc(C)c1.Cl. The fourth-order valence-corrected chi connectivity index (χ4v) is 2.39. The van der Waals surface area contributed by atoms with E-state index in [0.29, 0.717) is 16.8 Å². The van der Waals surface area contributed by atoms with E-state index in [0.717, 1.165) is 11.1 Å². The van der Waals surface area contributed by atoms with Crippen molar-refractivity contribution < 1.29 is 9.59 Å². The number of benzene rings is 2. The molecule has 0 unspecified atom stereocenters. The zero-order chi connectivity index (χ0) is 19.1. The molecule has 7 nitrogen and oxygen atoms in total. The van der Waals surface area contributed by atoms with Gasteiger partial charge in [-0.1, -0.05) is 29.8 Å². The molecule has 2 aromatic rings. The lowest BCUT2D eigenvalue weighted by molar-refractivity contribution is -0.118. The first-order valence-electron chi connectivity index (χ1n) is 8.17. The van der Waals surface area contributed by atoms with Crippen LogP contribution in [0.25, 0.3) is 0 Å². The molecule has 0 aromatic heterocycles. The van der Waals surface area contributed by atoms with Gasteiger partial charge >= 0.3 is 0 Å². The van der Waals surface area contributed by atoms with Crippen molar-refractivity contribution in [2.75, 3.05) is 18.9 Å². The number of amidine groups is 1. The summed E-state index contributed by atoms with van der Waals surface area (Å²) in [5.74, 6) is -0.419. The number of halogens is 1. The first-order valence-corrected chi connectivity index (χ1v) is 8.17. The van der Waals surface area contributed by atoms with Crippen LogP contribution in [0.4, 0.5) is 5.69 Å². The van der Waals surface area contributed by atoms with Gasteiger partial charge in [-0.15, -0.1) is 12.4 Å². The summed E-state index contributed by atoms with van der Waals surface area (Å²) in [6.07, 6.45) is 0. The van der Waals surface area contributed by atoms with Crippen LogP contribution in [-0.2, 0) is 11.3 Å². The number of carbonyl (C=O) groups excluding carboxylic acids is 2. The summed E-state index contributed by atoms with van der Waals surface area (Å²) in [6.45, 7) is 2.29. The summed E-state index contributed by atoms with van der Waals surface area (Å²) in [4.78, 5) is 23.8. The second-order valence-electron chi connectivity index (χ2n) is 5.86. The quantitative estimate of drug-likeness (QED) is 0.366. The van der Waals surface area contributed by atoms with Gasteiger partial charge in [0.1, 0.15) is 5.84 Å². The van der Waals surface area contributed by atoms with Gasteiger partial charge < -0.3 is 21.7 Å². The molecule has 0 saturated carbocycles. The van der Waals surface area contributed by atoms with Gasteiger partial charge in [0.05, 0.1) is 6.54 Å². The van der Waals surface area contributed by atoms with Crippen LogP contribution in [0.15, 0.2) is 42.5 Å². The number of nitrogen functional groups attached to an aromatic ring is 1. The largest absolute Gasteiger partial charge is 0.384 e. The van der Waals surface area contributed by atoms with Crippen molar-refractivity contribution in [1.82, 2.24) is 10.6 Å². The van der Waals surface area contributed by atoms with Crippen molar-refractivity contribution in [1.29, 1.82) is 5.41 Å². The number of nitrogens with two attached hydrogens (primary N) is 1. The molecule has 2 aromatic carbocycles. The van der Waals surface area contributed by atoms with Crippen molar-refractivity contribution in [3.63, 3.8) is 0 Å². The predicted molar refractivity (Wildman–Crippen MR) is 110 cm³/mol. The van der Waals surface area contributed by atoms with E-state index in [1.165, 1.54) is 0 Å². The van der Waals surface area contributed by atoms with Gasteiger partial charge in [-0.3, -0.25) is 15.0 Å². The lowest BCUT2D eigenvalue weighted by Gasteiger charge is -2.14. The molecule has 0 bridgehead atoms. The first kappa shape index (κ1) is 22.0. The molecule has 0 spiro atoms. The average molecular weight is 390 g/mol. The van der Waals surface area contributed by atoms with Crippen LogP contribution in [0.1, 0.15) is 27.0 Å². The molecule has 6 N–H and O–H groups in total. The number of hydrogen-bond acceptors (Lipinski definition) is 4. The van der Waals surface area contributed by atoms with Crippen LogP contribution in [0.5, 0.6) is 0 Å². The highest BCUT2D eigenvalue weighted by molar-refractivity contribution is 5.96. The Hall–Kier alpha value is -3.06. The highest BCUT2D eigenvalue weighted by atomic mass is 35.5. The maximum absolute atomic E-state index is 12.3. The van der Waals surface area contributed by atoms with E-state index in [1.54, 1.807) is 31.3 Å². The average Bonchev–Trinajstić information content (AvgIpc) is 2.64. The van der Waals surface area contributed by atoms with E-state index in [1.807, 2.05) is 25.1 Å². The van der Waals surface area contributed by atoms with Crippen LogP contribution in [0.2, 0.25) is 0 Å². The lowest BCUT2D eigenvalue weighted by Crippen LogP contribution is -2.27. The third-order valence-corrected chi connectivity index (χ3v) is 3.86. The zero-order valence-electron chi connectivity index (χ0n) is 15.3. The van der Waals surface area contributed by atoms with Gasteiger partial charge in [-0.05, 0) is 30.7 Å². The number of hydrogen-bond donors (Lipinski definition) is 5. The van der Waals surface area contributed by atoms with Crippen LogP contribution in [-0.4, -0.2) is 31.2 Å². The second kappa shape index (κ2) is 10.2. The summed E-state index contributed by atoms with van der Waals surface area (Å²) in [5, 5.41) is 16.0. The summed E-state index contributed by atoms with van der Waals surface area (Å²) < 4.78 is 0. The Morgan fingerprint density at radius 1 is 1.11 bits per heavy atom. The van der Waals surface area contributed by atoms with Crippen LogP contribution in [0.3, 0.4) is 0 Å². The molecule has 0 radical (unpaired) electrons. The summed E-state index contributed by atoms with van der Waals surface area (Å²) in [5.41, 5.74) is 9.11. The zero-order valence-corrected chi connectivity index (χ0v) is 16.1. The molecule has 0 aliphatic carbocycles. The third kappa shape index (κ3) is 6.31. The summed E-state index contributed by atoms with van der Waals surface area (Å²) in [7, 11) is 1.55. The van der Waals surface area contributed by atoms with E-state index in [9.17, 15) is 9.59 Å². The van der Waals surface area contributed by atoms with Crippen LogP contribution < -0.4 is 21.7 Å². The van der Waals surface area contributed by atoms with E-state index in [4.69, 9.17) is 11.1 Å². The normalized spacial score (nSPS) is 9.70. The van der Waals surface area contributed by atoms with Crippen molar-refractivity contribution in [3.05, 3.63) is 64.7 Å². The Bertz CT molecular complexity index is 839. The van der Waals surface area contributed by atoms with E-state index >= 15 is 0 Å². The number of aryl methyl sites for hydroxylation is 1. The van der Waals surface area contributed by atoms with Gasteiger partial charge in [0.15, 0.2) is 0 Å². The number of rotatable bonds is 7. The molecular weight excluding hydrogens is 366 g/mol. The van der Waals surface area contributed by atoms with E-state index in [-0.39, 0.29) is 43.1 Å². The smallest absolute Gasteiger partial charge is 0.251 e. The topological polar surface area (TPSA) is 120 Å². The molecule has 0 fully saturated rings. The van der Waals surface area contributed by atoms with Gasteiger partial charge in [-0.25, -0.2) is 0 Å². The Morgan fingerprint density at radius 2 is 1.85 bits per heavy atom. The predicted octanol–water partition coefficient (Wildman–Crippen LogP) is 1.79. The van der Waals surface area contributed by atoms with E-state index < -0.39 is 0 Å². The minimum atomic E-state index is -0.179. The summed E-state index contributed by atoms with van der Waals surface area (Å²) >= 11 is 0. The Kier molecular flexibility index (Phi) is 8.29. The Labute approximate surface area is 164 Å². The van der Waals surface area contributed by atoms with Crippen molar-refractivity contribution in [2.45, 2.75) is 13.5 Å². The molecule has 0 saturated heterocycles. The second-order valence-corrected chi connectivity index (χ2v) is 5.86. The van der Waals surface area contributed by atoms with Gasteiger partial charge in [0, 0.05) is 30.4 Å².